The van der Waals surface area contributed by atoms with Crippen LogP contribution in [0.4, 0.5) is 18.9 Å². The predicted molar refractivity (Wildman–Crippen MR) is 118 cm³/mol. The van der Waals surface area contributed by atoms with Gasteiger partial charge in [0.1, 0.15) is 6.34 Å². The van der Waals surface area contributed by atoms with Crippen LogP contribution in [0.1, 0.15) is 34.3 Å². The van der Waals surface area contributed by atoms with Gasteiger partial charge in [-0.2, -0.15) is 13.2 Å². The molecule has 0 aromatic heterocycles. The number of nitrogens with two attached hydrogens (primary N) is 1. The van der Waals surface area contributed by atoms with Crippen LogP contribution in [0, 0.1) is 0 Å². The number of aliphatic imine (C=N–C) groups is 2. The van der Waals surface area contributed by atoms with Crippen molar-refractivity contribution in [3.63, 3.8) is 0 Å². The summed E-state index contributed by atoms with van der Waals surface area (Å²) in [7, 11) is 0. The molecular formula is C21H18Cl2F3N3O2. The van der Waals surface area contributed by atoms with Crippen LogP contribution in [0.25, 0.3) is 6.08 Å². The van der Waals surface area contributed by atoms with E-state index in [0.29, 0.717) is 5.56 Å². The average molecular weight is 472 g/mol. The summed E-state index contributed by atoms with van der Waals surface area (Å²) in [5.41, 5.74) is 5.68. The van der Waals surface area contributed by atoms with E-state index in [-0.39, 0.29) is 33.5 Å². The molecule has 2 aromatic rings. The summed E-state index contributed by atoms with van der Waals surface area (Å²) in [5.74, 6) is -2.62. The lowest BCUT2D eigenvalue weighted by molar-refractivity contribution is -0.139. The van der Waals surface area contributed by atoms with Crippen molar-refractivity contribution in [3.8, 4) is 0 Å². The summed E-state index contributed by atoms with van der Waals surface area (Å²) in [5, 5.41) is 0.189. The molecular weight excluding hydrogens is 454 g/mol. The van der Waals surface area contributed by atoms with Gasteiger partial charge in [0.05, 0.1) is 30.1 Å². The molecule has 2 rings (SSSR count). The quantitative estimate of drug-likeness (QED) is 0.297. The first-order valence-electron chi connectivity index (χ1n) is 8.93. The minimum Gasteiger partial charge on any atom is -0.462 e. The number of rotatable bonds is 7. The maximum atomic E-state index is 13.7. The van der Waals surface area contributed by atoms with E-state index in [0.717, 1.165) is 18.8 Å². The third kappa shape index (κ3) is 7.11. The number of hydrogen-bond acceptors (Lipinski definition) is 3. The molecule has 0 aliphatic heterocycles. The summed E-state index contributed by atoms with van der Waals surface area (Å²) in [6.45, 7) is 1.75. The number of ether oxygens (including phenoxy) is 1. The van der Waals surface area contributed by atoms with Crippen LogP contribution in [0.5, 0.6) is 0 Å². The molecule has 0 spiro atoms. The molecule has 10 heteroatoms. The highest BCUT2D eigenvalue weighted by Gasteiger charge is 2.39. The lowest BCUT2D eigenvalue weighted by Gasteiger charge is -2.18. The van der Waals surface area contributed by atoms with Gasteiger partial charge in [0.2, 0.25) is 0 Å². The molecule has 31 heavy (non-hydrogen) atoms. The molecule has 0 aliphatic rings. The zero-order valence-corrected chi connectivity index (χ0v) is 17.7. The van der Waals surface area contributed by atoms with Crippen molar-refractivity contribution in [1.29, 1.82) is 0 Å². The number of carbonyl (C=O) groups excluding carboxylic acids is 1. The van der Waals surface area contributed by atoms with Crippen LogP contribution < -0.4 is 5.73 Å². The van der Waals surface area contributed by atoms with Crippen molar-refractivity contribution in [2.75, 3.05) is 6.61 Å². The highest BCUT2D eigenvalue weighted by molar-refractivity contribution is 6.34. The summed E-state index contributed by atoms with van der Waals surface area (Å²) >= 11 is 11.7. The third-order valence-electron chi connectivity index (χ3n) is 3.94. The largest absolute Gasteiger partial charge is 0.462 e. The van der Waals surface area contributed by atoms with Gasteiger partial charge < -0.3 is 10.5 Å². The third-order valence-corrected chi connectivity index (χ3v) is 4.38. The molecule has 0 aliphatic carbocycles. The Bertz CT molecular complexity index is 1000. The summed E-state index contributed by atoms with van der Waals surface area (Å²) in [6, 6.07) is 8.12. The Balaban J connectivity index is 2.46. The lowest BCUT2D eigenvalue weighted by Crippen LogP contribution is -2.18. The fourth-order valence-electron chi connectivity index (χ4n) is 2.65. The number of carbonyl (C=O) groups is 1. The maximum Gasteiger partial charge on any atom is 0.399 e. The Kier molecular flexibility index (Phi) is 8.65. The Morgan fingerprint density at radius 2 is 1.87 bits per heavy atom. The fourth-order valence-corrected chi connectivity index (χ4v) is 3.19. The van der Waals surface area contributed by atoms with Gasteiger partial charge >= 0.3 is 12.1 Å². The van der Waals surface area contributed by atoms with Crippen LogP contribution in [0.3, 0.4) is 0 Å². The molecule has 1 atom stereocenters. The summed E-state index contributed by atoms with van der Waals surface area (Å²) in [6.07, 6.45) is -0.214. The van der Waals surface area contributed by atoms with E-state index in [1.807, 2.05) is 0 Å². The van der Waals surface area contributed by atoms with Gasteiger partial charge in [0.25, 0.3) is 0 Å². The number of allylic oxidation sites excluding steroid dienone is 1. The van der Waals surface area contributed by atoms with Crippen molar-refractivity contribution in [2.45, 2.75) is 19.0 Å². The van der Waals surface area contributed by atoms with E-state index in [9.17, 15) is 18.0 Å². The van der Waals surface area contributed by atoms with Crippen LogP contribution in [-0.2, 0) is 4.74 Å². The highest BCUT2D eigenvalue weighted by atomic mass is 35.5. The second-order valence-corrected chi connectivity index (χ2v) is 6.99. The number of halogens is 5. The first-order valence-corrected chi connectivity index (χ1v) is 9.69. The number of hydrogen-bond donors (Lipinski definition) is 1. The van der Waals surface area contributed by atoms with E-state index < -0.39 is 18.1 Å². The molecule has 0 radical (unpaired) electrons. The number of alkyl halides is 3. The van der Waals surface area contributed by atoms with Gasteiger partial charge in [-0.15, -0.1) is 0 Å². The Morgan fingerprint density at radius 3 is 2.45 bits per heavy atom. The second kappa shape index (κ2) is 11.0. The van der Waals surface area contributed by atoms with Crippen molar-refractivity contribution in [1.82, 2.24) is 0 Å². The molecule has 0 saturated carbocycles. The van der Waals surface area contributed by atoms with E-state index in [4.69, 9.17) is 33.7 Å². The maximum absolute atomic E-state index is 13.7. The van der Waals surface area contributed by atoms with Crippen LogP contribution in [0.15, 0.2) is 52.5 Å². The fraction of sp³-hybridized carbons (Fsp3) is 0.190. The van der Waals surface area contributed by atoms with Gasteiger partial charge in [0, 0.05) is 10.0 Å². The summed E-state index contributed by atoms with van der Waals surface area (Å²) < 4.78 is 46.0. The van der Waals surface area contributed by atoms with Crippen molar-refractivity contribution in [2.24, 2.45) is 15.7 Å². The van der Waals surface area contributed by atoms with Crippen LogP contribution in [-0.4, -0.2) is 31.4 Å². The Morgan fingerprint density at radius 1 is 1.19 bits per heavy atom. The SMILES string of the molecule is CCOC(=O)c1cc(/C=C/C(c2cc(Cl)cc(Cl)c2)C(F)(F)F)ccc1N=CN=CN. The van der Waals surface area contributed by atoms with Crippen molar-refractivity contribution < 1.29 is 22.7 Å². The minimum atomic E-state index is -4.58. The minimum absolute atomic E-state index is 0.0711. The van der Waals surface area contributed by atoms with Crippen LogP contribution >= 0.6 is 23.2 Å². The molecule has 2 aromatic carbocycles. The monoisotopic (exact) mass is 471 g/mol. The van der Waals surface area contributed by atoms with Crippen molar-refractivity contribution in [3.05, 3.63) is 69.2 Å². The topological polar surface area (TPSA) is 77.0 Å². The zero-order valence-electron chi connectivity index (χ0n) is 16.2. The van der Waals surface area contributed by atoms with Gasteiger partial charge in [-0.05, 0) is 48.4 Å². The standard InChI is InChI=1S/C21H18Cl2F3N3O2/c1-2-31-20(30)17-7-13(4-6-19(17)29-12-28-11-27)3-5-18(21(24,25)26)14-8-15(22)10-16(23)9-14/h3-12,18H,2H2,1H3,(H2,27,28,29)/b5-3+. The number of benzene rings is 2. The van der Waals surface area contributed by atoms with Gasteiger partial charge in [0.15, 0.2) is 0 Å². The molecule has 0 fully saturated rings. The van der Waals surface area contributed by atoms with Crippen LogP contribution in [0.2, 0.25) is 10.0 Å². The molecule has 5 nitrogen and oxygen atoms in total. The molecule has 1 unspecified atom stereocenters. The van der Waals surface area contributed by atoms with Crippen molar-refractivity contribution >= 4 is 53.6 Å². The van der Waals surface area contributed by atoms with Gasteiger partial charge in [-0.1, -0.05) is 41.4 Å². The normalized spacial score (nSPS) is 13.4. The Labute approximate surface area is 187 Å². The molecule has 0 saturated heterocycles. The smallest absolute Gasteiger partial charge is 0.399 e. The summed E-state index contributed by atoms with van der Waals surface area (Å²) in [4.78, 5) is 19.9. The highest BCUT2D eigenvalue weighted by Crippen LogP contribution is 2.38. The molecule has 0 bridgehead atoms. The molecule has 2 N–H and O–H groups in total. The first kappa shape index (κ1) is 24.4. The van der Waals surface area contributed by atoms with Gasteiger partial charge in [-0.25, -0.2) is 14.8 Å². The molecule has 0 heterocycles. The Hall–Kier alpha value is -2.84. The number of nitrogens with zero attached hydrogens (tertiary/aromatic N) is 2. The molecule has 164 valence electrons. The zero-order chi connectivity index (χ0) is 23.0. The second-order valence-electron chi connectivity index (χ2n) is 6.12. The van der Waals surface area contributed by atoms with Gasteiger partial charge in [-0.3, -0.25) is 0 Å². The van der Waals surface area contributed by atoms with E-state index in [2.05, 4.69) is 9.98 Å². The predicted octanol–water partition coefficient (Wildman–Crippen LogP) is 6.18. The lowest BCUT2D eigenvalue weighted by atomic mass is 9.96. The van der Waals surface area contributed by atoms with E-state index in [1.165, 1.54) is 42.5 Å². The van der Waals surface area contributed by atoms with E-state index >= 15 is 0 Å². The average Bonchev–Trinajstić information content (AvgIpc) is 2.67. The molecule has 0 amide bonds. The first-order chi connectivity index (χ1) is 14.7. The number of esters is 1. The van der Waals surface area contributed by atoms with E-state index in [1.54, 1.807) is 6.92 Å².